The second-order valence-electron chi connectivity index (χ2n) is 8.61. The number of aromatic carboxylic acids is 1. The van der Waals surface area contributed by atoms with Crippen molar-refractivity contribution in [1.29, 1.82) is 0 Å². The first-order chi connectivity index (χ1) is 14.8. The molecule has 2 atom stereocenters. The van der Waals surface area contributed by atoms with Crippen molar-refractivity contribution < 1.29 is 14.7 Å². The smallest absolute Gasteiger partial charge is 0.337 e. The van der Waals surface area contributed by atoms with Crippen LogP contribution in [0, 0.1) is 5.92 Å². The Morgan fingerprint density at radius 1 is 1.26 bits per heavy atom. The van der Waals surface area contributed by atoms with E-state index in [2.05, 4.69) is 16.7 Å². The van der Waals surface area contributed by atoms with Gasteiger partial charge in [0, 0.05) is 34.7 Å². The Bertz CT molecular complexity index is 992. The quantitative estimate of drug-likeness (QED) is 0.605. The van der Waals surface area contributed by atoms with Gasteiger partial charge in [-0.05, 0) is 62.0 Å². The van der Waals surface area contributed by atoms with E-state index in [1.165, 1.54) is 25.3 Å². The summed E-state index contributed by atoms with van der Waals surface area (Å²) >= 11 is 5.99. The number of amides is 1. The van der Waals surface area contributed by atoms with Gasteiger partial charge in [-0.1, -0.05) is 36.9 Å². The molecule has 0 spiro atoms. The zero-order chi connectivity index (χ0) is 22.1. The lowest BCUT2D eigenvalue weighted by Gasteiger charge is -2.42. The third kappa shape index (κ3) is 4.49. The third-order valence-electron chi connectivity index (χ3n) is 6.30. The Balaban J connectivity index is 1.60. The van der Waals surface area contributed by atoms with E-state index in [0.717, 1.165) is 29.7 Å². The lowest BCUT2D eigenvalue weighted by molar-refractivity contribution is -0.126. The molecule has 1 aromatic rings. The van der Waals surface area contributed by atoms with Crippen molar-refractivity contribution >= 4 is 29.2 Å². The summed E-state index contributed by atoms with van der Waals surface area (Å²) < 4.78 is 0. The second-order valence-corrected chi connectivity index (χ2v) is 9.04. The molecule has 1 amide bonds. The number of hydrogen-bond acceptors (Lipinski definition) is 4. The van der Waals surface area contributed by atoms with E-state index < -0.39 is 5.97 Å². The van der Waals surface area contributed by atoms with Crippen LogP contribution in [0.15, 0.2) is 53.4 Å². The van der Waals surface area contributed by atoms with E-state index in [9.17, 15) is 14.7 Å². The molecular weight excluding hydrogens is 414 g/mol. The van der Waals surface area contributed by atoms with Gasteiger partial charge in [0.15, 0.2) is 0 Å². The molecule has 3 N–H and O–H groups in total. The molecule has 0 bridgehead atoms. The van der Waals surface area contributed by atoms with Crippen LogP contribution in [0.1, 0.15) is 56.3 Å². The van der Waals surface area contributed by atoms with Gasteiger partial charge in [-0.3, -0.25) is 9.69 Å². The van der Waals surface area contributed by atoms with Crippen molar-refractivity contribution in [2.45, 2.75) is 58.2 Å². The van der Waals surface area contributed by atoms with E-state index in [1.54, 1.807) is 23.1 Å². The van der Waals surface area contributed by atoms with E-state index in [4.69, 9.17) is 11.6 Å². The summed E-state index contributed by atoms with van der Waals surface area (Å²) in [7, 11) is 0. The molecule has 6 nitrogen and oxygen atoms in total. The summed E-state index contributed by atoms with van der Waals surface area (Å²) in [4.78, 5) is 26.4. The summed E-state index contributed by atoms with van der Waals surface area (Å²) in [6.07, 6.45) is 11.3. The topological polar surface area (TPSA) is 81.7 Å². The summed E-state index contributed by atoms with van der Waals surface area (Å²) in [5.41, 5.74) is 3.60. The van der Waals surface area contributed by atoms with Crippen LogP contribution < -0.4 is 10.6 Å². The molecule has 1 unspecified atom stereocenters. The van der Waals surface area contributed by atoms with Gasteiger partial charge in [0.05, 0.1) is 5.56 Å². The molecule has 0 radical (unpaired) electrons. The highest BCUT2D eigenvalue weighted by molar-refractivity contribution is 6.31. The van der Waals surface area contributed by atoms with Crippen molar-refractivity contribution in [2.75, 3.05) is 5.32 Å². The number of carboxylic acids is 1. The van der Waals surface area contributed by atoms with Gasteiger partial charge >= 0.3 is 5.97 Å². The predicted molar refractivity (Wildman–Crippen MR) is 122 cm³/mol. The number of carboxylic acid groups (broad SMARTS) is 1. The lowest BCUT2D eigenvalue weighted by atomic mass is 9.85. The number of rotatable bonds is 5. The van der Waals surface area contributed by atoms with Crippen LogP contribution in [-0.2, 0) is 4.79 Å². The molecule has 3 aliphatic rings. The fourth-order valence-corrected chi connectivity index (χ4v) is 4.90. The molecule has 1 saturated carbocycles. The minimum atomic E-state index is -1.04. The van der Waals surface area contributed by atoms with E-state index >= 15 is 0 Å². The Morgan fingerprint density at radius 2 is 2.00 bits per heavy atom. The highest BCUT2D eigenvalue weighted by Crippen LogP contribution is 2.34. The highest BCUT2D eigenvalue weighted by Gasteiger charge is 2.36. The summed E-state index contributed by atoms with van der Waals surface area (Å²) in [6, 6.07) is 4.58. The van der Waals surface area contributed by atoms with Gasteiger partial charge in [0.1, 0.15) is 6.17 Å². The summed E-state index contributed by atoms with van der Waals surface area (Å²) in [5.74, 6) is -0.661. The number of carbonyl (C=O) groups excluding carboxylic acids is 1. The van der Waals surface area contributed by atoms with Crippen LogP contribution in [0.5, 0.6) is 0 Å². The van der Waals surface area contributed by atoms with Crippen molar-refractivity contribution in [3.05, 3.63) is 64.0 Å². The van der Waals surface area contributed by atoms with Gasteiger partial charge in [0.25, 0.3) is 5.91 Å². The van der Waals surface area contributed by atoms with Gasteiger partial charge in [-0.15, -0.1) is 0 Å². The number of allylic oxidation sites excluding steroid dienone is 3. The number of fused-ring (bicyclic) bond motifs is 1. The molecule has 1 aromatic carbocycles. The molecule has 4 rings (SSSR count). The molecule has 1 fully saturated rings. The third-order valence-corrected chi connectivity index (χ3v) is 6.53. The minimum Gasteiger partial charge on any atom is -0.478 e. The minimum absolute atomic E-state index is 0.0146. The first-order valence-electron chi connectivity index (χ1n) is 10.8. The Hall–Kier alpha value is -2.73. The summed E-state index contributed by atoms with van der Waals surface area (Å²) in [5, 5.41) is 16.9. The second kappa shape index (κ2) is 8.79. The molecule has 2 aliphatic heterocycles. The number of nitrogens with one attached hydrogen (secondary N) is 2. The molecule has 7 heteroatoms. The number of halogens is 1. The molecule has 164 valence electrons. The largest absolute Gasteiger partial charge is 0.478 e. The highest BCUT2D eigenvalue weighted by atomic mass is 35.5. The van der Waals surface area contributed by atoms with Crippen LogP contribution >= 0.6 is 11.6 Å². The first kappa shape index (κ1) is 21.5. The number of nitrogens with zero attached hydrogens (tertiary/aromatic N) is 1. The Labute approximate surface area is 187 Å². The van der Waals surface area contributed by atoms with Crippen LogP contribution in [0.4, 0.5) is 5.69 Å². The van der Waals surface area contributed by atoms with E-state index in [1.807, 2.05) is 20.0 Å². The number of benzene rings is 1. The maximum absolute atomic E-state index is 13.0. The fourth-order valence-electron chi connectivity index (χ4n) is 4.73. The lowest BCUT2D eigenvalue weighted by Crippen LogP contribution is -2.54. The van der Waals surface area contributed by atoms with Crippen molar-refractivity contribution in [3.8, 4) is 0 Å². The fraction of sp³-hybridized carbons (Fsp3) is 0.417. The number of anilines is 1. The van der Waals surface area contributed by atoms with Crippen LogP contribution in [0.2, 0.25) is 5.02 Å². The van der Waals surface area contributed by atoms with E-state index in [-0.39, 0.29) is 23.7 Å². The SMILES string of the molecule is CC1=CN2C(=O)C=C(C3CCCCC3)NC2C([C@@H](C)Nc2ccc(Cl)cc2C(=O)O)=C1. The first-order valence-corrected chi connectivity index (χ1v) is 11.2. The predicted octanol–water partition coefficient (Wildman–Crippen LogP) is 4.90. The number of hydrogen-bond donors (Lipinski definition) is 3. The summed E-state index contributed by atoms with van der Waals surface area (Å²) in [6.45, 7) is 3.94. The maximum atomic E-state index is 13.0. The van der Waals surface area contributed by atoms with Gasteiger partial charge in [-0.2, -0.15) is 0 Å². The monoisotopic (exact) mass is 441 g/mol. The molecular formula is C24H28ClN3O3. The van der Waals surface area contributed by atoms with Crippen LogP contribution in [-0.4, -0.2) is 34.1 Å². The molecule has 2 heterocycles. The molecule has 31 heavy (non-hydrogen) atoms. The van der Waals surface area contributed by atoms with Gasteiger partial charge in [-0.25, -0.2) is 4.79 Å². The van der Waals surface area contributed by atoms with E-state index in [0.29, 0.717) is 16.6 Å². The molecule has 1 aliphatic carbocycles. The van der Waals surface area contributed by atoms with Crippen LogP contribution in [0.3, 0.4) is 0 Å². The Morgan fingerprint density at radius 3 is 2.71 bits per heavy atom. The average Bonchev–Trinajstić information content (AvgIpc) is 2.75. The number of carbonyl (C=O) groups is 2. The van der Waals surface area contributed by atoms with Crippen molar-refractivity contribution in [1.82, 2.24) is 10.2 Å². The average molecular weight is 442 g/mol. The Kier molecular flexibility index (Phi) is 6.10. The standard InChI is InChI=1S/C24H28ClN3O3/c1-14-10-18(15(2)26-20-9-8-17(25)11-19(20)24(30)31)23-27-21(12-22(29)28(23)13-14)16-6-4-3-5-7-16/h8-13,15-16,23,26-27H,3-7H2,1-2H3,(H,30,31)/t15-,23?/m1/s1. The maximum Gasteiger partial charge on any atom is 0.337 e. The van der Waals surface area contributed by atoms with Crippen molar-refractivity contribution in [2.24, 2.45) is 5.92 Å². The zero-order valence-corrected chi connectivity index (χ0v) is 18.6. The molecule has 0 saturated heterocycles. The van der Waals surface area contributed by atoms with Gasteiger partial charge in [0.2, 0.25) is 0 Å². The van der Waals surface area contributed by atoms with Gasteiger partial charge < -0.3 is 15.7 Å². The zero-order valence-electron chi connectivity index (χ0n) is 17.8. The van der Waals surface area contributed by atoms with Crippen molar-refractivity contribution in [3.63, 3.8) is 0 Å². The van der Waals surface area contributed by atoms with Crippen LogP contribution in [0.25, 0.3) is 0 Å². The molecule has 0 aromatic heterocycles. The normalized spacial score (nSPS) is 22.5.